The van der Waals surface area contributed by atoms with Crippen LogP contribution in [0.25, 0.3) is 0 Å². The zero-order valence-electron chi connectivity index (χ0n) is 8.07. The van der Waals surface area contributed by atoms with E-state index >= 15 is 0 Å². The first-order valence-corrected chi connectivity index (χ1v) is 4.93. The van der Waals surface area contributed by atoms with Crippen LogP contribution in [0.4, 0.5) is 0 Å². The van der Waals surface area contributed by atoms with Gasteiger partial charge in [-0.2, -0.15) is 0 Å². The number of nitrogens with zero attached hydrogens (tertiary/aromatic N) is 1. The normalized spacial score (nSPS) is 11.3. The lowest BCUT2D eigenvalue weighted by Gasteiger charge is -2.15. The third kappa shape index (κ3) is 3.19. The molecule has 0 N–H and O–H groups in total. The molecule has 0 saturated carbocycles. The van der Waals surface area contributed by atoms with Crippen LogP contribution in [-0.2, 0) is 4.79 Å². The van der Waals surface area contributed by atoms with Crippen LogP contribution in [0.3, 0.4) is 0 Å². The standard InChI is InChI=1S/C10H13NOS/c1-8-4-5-9(6-11-8)13-10(2,3)7-12/h4-7H,1-3H3. The monoisotopic (exact) mass is 195 g/mol. The van der Waals surface area contributed by atoms with Crippen molar-refractivity contribution in [3.8, 4) is 0 Å². The average molecular weight is 195 g/mol. The summed E-state index contributed by atoms with van der Waals surface area (Å²) >= 11 is 1.52. The molecule has 0 amide bonds. The van der Waals surface area contributed by atoms with Gasteiger partial charge in [-0.1, -0.05) is 0 Å². The minimum absolute atomic E-state index is 0.364. The average Bonchev–Trinajstić information content (AvgIpc) is 2.09. The van der Waals surface area contributed by atoms with Gasteiger partial charge in [0.1, 0.15) is 6.29 Å². The minimum Gasteiger partial charge on any atom is -0.302 e. The number of thioether (sulfide) groups is 1. The van der Waals surface area contributed by atoms with Gasteiger partial charge in [0.15, 0.2) is 0 Å². The molecular weight excluding hydrogens is 182 g/mol. The van der Waals surface area contributed by atoms with E-state index in [0.29, 0.717) is 0 Å². The Hall–Kier alpha value is -0.830. The Kier molecular flexibility index (Phi) is 3.09. The van der Waals surface area contributed by atoms with E-state index in [9.17, 15) is 4.79 Å². The Morgan fingerprint density at radius 2 is 2.15 bits per heavy atom. The van der Waals surface area contributed by atoms with E-state index in [2.05, 4.69) is 4.98 Å². The molecule has 2 nitrogen and oxygen atoms in total. The third-order valence-electron chi connectivity index (χ3n) is 1.55. The van der Waals surface area contributed by atoms with Gasteiger partial charge in [0.05, 0.1) is 4.75 Å². The fourth-order valence-corrected chi connectivity index (χ4v) is 1.74. The van der Waals surface area contributed by atoms with Gasteiger partial charge in [0.2, 0.25) is 0 Å². The van der Waals surface area contributed by atoms with E-state index in [1.165, 1.54) is 11.8 Å². The number of aromatic nitrogens is 1. The summed E-state index contributed by atoms with van der Waals surface area (Å²) in [5, 5.41) is 0. The topological polar surface area (TPSA) is 30.0 Å². The van der Waals surface area contributed by atoms with Crippen LogP contribution >= 0.6 is 11.8 Å². The highest BCUT2D eigenvalue weighted by Crippen LogP contribution is 2.29. The molecule has 1 aromatic rings. The van der Waals surface area contributed by atoms with Crippen molar-refractivity contribution in [2.45, 2.75) is 30.4 Å². The predicted octanol–water partition coefficient (Wildman–Crippen LogP) is 2.46. The Labute approximate surface area is 82.8 Å². The number of aldehydes is 1. The van der Waals surface area contributed by atoms with Crippen molar-refractivity contribution >= 4 is 18.0 Å². The molecule has 0 spiro atoms. The maximum atomic E-state index is 10.7. The smallest absolute Gasteiger partial charge is 0.135 e. The number of pyridine rings is 1. The number of hydrogen-bond donors (Lipinski definition) is 0. The van der Waals surface area contributed by atoms with Gasteiger partial charge in [0.25, 0.3) is 0 Å². The second-order valence-corrected chi connectivity index (χ2v) is 5.19. The van der Waals surface area contributed by atoms with Crippen molar-refractivity contribution in [3.63, 3.8) is 0 Å². The molecular formula is C10H13NOS. The van der Waals surface area contributed by atoms with Crippen molar-refractivity contribution in [1.29, 1.82) is 0 Å². The summed E-state index contributed by atoms with van der Waals surface area (Å²) in [5.74, 6) is 0. The van der Waals surface area contributed by atoms with Crippen LogP contribution in [0.1, 0.15) is 19.5 Å². The molecule has 0 atom stereocenters. The molecule has 0 radical (unpaired) electrons. The van der Waals surface area contributed by atoms with E-state index in [1.54, 1.807) is 6.20 Å². The van der Waals surface area contributed by atoms with Crippen molar-refractivity contribution in [2.24, 2.45) is 0 Å². The summed E-state index contributed by atoms with van der Waals surface area (Å²) in [6.07, 6.45) is 2.75. The molecule has 0 aliphatic heterocycles. The molecule has 0 saturated heterocycles. The first kappa shape index (κ1) is 10.3. The van der Waals surface area contributed by atoms with Gasteiger partial charge in [0, 0.05) is 16.8 Å². The van der Waals surface area contributed by atoms with Crippen LogP contribution in [0.15, 0.2) is 23.2 Å². The van der Waals surface area contributed by atoms with Crippen molar-refractivity contribution < 1.29 is 4.79 Å². The summed E-state index contributed by atoms with van der Waals surface area (Å²) in [7, 11) is 0. The maximum absolute atomic E-state index is 10.7. The SMILES string of the molecule is Cc1ccc(SC(C)(C)C=O)cn1. The Morgan fingerprint density at radius 3 is 2.62 bits per heavy atom. The van der Waals surface area contributed by atoms with Gasteiger partial charge in [-0.15, -0.1) is 11.8 Å². The molecule has 0 bridgehead atoms. The maximum Gasteiger partial charge on any atom is 0.135 e. The number of hydrogen-bond acceptors (Lipinski definition) is 3. The lowest BCUT2D eigenvalue weighted by atomic mass is 10.2. The van der Waals surface area contributed by atoms with Crippen LogP contribution in [-0.4, -0.2) is 16.0 Å². The lowest BCUT2D eigenvalue weighted by Crippen LogP contribution is -2.15. The summed E-state index contributed by atoms with van der Waals surface area (Å²) in [5.41, 5.74) is 0.994. The van der Waals surface area contributed by atoms with Crippen molar-refractivity contribution in [3.05, 3.63) is 24.0 Å². The molecule has 0 aliphatic carbocycles. The van der Waals surface area contributed by atoms with E-state index in [-0.39, 0.29) is 4.75 Å². The van der Waals surface area contributed by atoms with Gasteiger partial charge >= 0.3 is 0 Å². The van der Waals surface area contributed by atoms with Gasteiger partial charge in [-0.25, -0.2) is 0 Å². The Bertz CT molecular complexity index is 292. The van der Waals surface area contributed by atoms with E-state index in [4.69, 9.17) is 0 Å². The summed E-state index contributed by atoms with van der Waals surface area (Å²) in [6.45, 7) is 5.73. The fraction of sp³-hybridized carbons (Fsp3) is 0.400. The summed E-state index contributed by atoms with van der Waals surface area (Å²) in [4.78, 5) is 15.8. The summed E-state index contributed by atoms with van der Waals surface area (Å²) in [6, 6.07) is 3.93. The van der Waals surface area contributed by atoms with Crippen LogP contribution < -0.4 is 0 Å². The zero-order chi connectivity index (χ0) is 9.90. The van der Waals surface area contributed by atoms with E-state index < -0.39 is 0 Å². The number of carbonyl (C=O) groups excluding carboxylic acids is 1. The van der Waals surface area contributed by atoms with Gasteiger partial charge in [-0.05, 0) is 32.9 Å². The van der Waals surface area contributed by atoms with Gasteiger partial charge in [-0.3, -0.25) is 4.98 Å². The van der Waals surface area contributed by atoms with E-state index in [1.807, 2.05) is 32.9 Å². The minimum atomic E-state index is -0.364. The molecule has 13 heavy (non-hydrogen) atoms. The van der Waals surface area contributed by atoms with Gasteiger partial charge < -0.3 is 4.79 Å². The highest BCUT2D eigenvalue weighted by molar-refractivity contribution is 8.01. The molecule has 70 valence electrons. The van der Waals surface area contributed by atoms with Crippen molar-refractivity contribution in [2.75, 3.05) is 0 Å². The number of rotatable bonds is 3. The van der Waals surface area contributed by atoms with Crippen molar-refractivity contribution in [1.82, 2.24) is 4.98 Å². The highest BCUT2D eigenvalue weighted by Gasteiger charge is 2.17. The highest BCUT2D eigenvalue weighted by atomic mass is 32.2. The molecule has 0 unspecified atom stereocenters. The molecule has 0 aromatic carbocycles. The second kappa shape index (κ2) is 3.92. The van der Waals surface area contributed by atoms with Crippen LogP contribution in [0.2, 0.25) is 0 Å². The number of carbonyl (C=O) groups is 1. The molecule has 0 aliphatic rings. The first-order chi connectivity index (χ1) is 6.03. The largest absolute Gasteiger partial charge is 0.302 e. The quantitative estimate of drug-likeness (QED) is 0.548. The first-order valence-electron chi connectivity index (χ1n) is 4.11. The third-order valence-corrected chi connectivity index (χ3v) is 2.65. The molecule has 3 heteroatoms. The Balaban J connectivity index is 2.75. The molecule has 1 heterocycles. The Morgan fingerprint density at radius 1 is 1.46 bits per heavy atom. The summed E-state index contributed by atoms with van der Waals surface area (Å²) < 4.78 is -0.364. The van der Waals surface area contributed by atoms with E-state index in [0.717, 1.165) is 16.9 Å². The van der Waals surface area contributed by atoms with Crippen LogP contribution in [0.5, 0.6) is 0 Å². The second-order valence-electron chi connectivity index (χ2n) is 3.46. The zero-order valence-corrected chi connectivity index (χ0v) is 8.89. The molecule has 1 rings (SSSR count). The number of aryl methyl sites for hydroxylation is 1. The molecule has 0 fully saturated rings. The fourth-order valence-electron chi connectivity index (χ4n) is 0.842. The predicted molar refractivity (Wildman–Crippen MR) is 55.0 cm³/mol. The lowest BCUT2D eigenvalue weighted by molar-refractivity contribution is -0.109. The molecule has 1 aromatic heterocycles. The van der Waals surface area contributed by atoms with Crippen LogP contribution in [0, 0.1) is 6.92 Å².